The van der Waals surface area contributed by atoms with Crippen molar-refractivity contribution in [3.05, 3.63) is 59.7 Å². The van der Waals surface area contributed by atoms with E-state index in [1.54, 1.807) is 7.11 Å². The molecule has 86 valence electrons. The quantitative estimate of drug-likeness (QED) is 0.781. The fourth-order valence-corrected chi connectivity index (χ4v) is 2.21. The van der Waals surface area contributed by atoms with Gasteiger partial charge in [0.15, 0.2) is 0 Å². The molecule has 1 aliphatic heterocycles. The predicted molar refractivity (Wildman–Crippen MR) is 66.5 cm³/mol. The number of hydrogen-bond acceptors (Lipinski definition) is 2. The van der Waals surface area contributed by atoms with Crippen molar-refractivity contribution in [2.24, 2.45) is 0 Å². The Balaban J connectivity index is 1.88. The highest BCUT2D eigenvalue weighted by Crippen LogP contribution is 2.38. The minimum Gasteiger partial charge on any atom is -0.497 e. The lowest BCUT2D eigenvalue weighted by Crippen LogP contribution is -2.02. The van der Waals surface area contributed by atoms with Crippen molar-refractivity contribution in [2.45, 2.75) is 12.5 Å². The smallest absolute Gasteiger partial charge is 0.128 e. The largest absolute Gasteiger partial charge is 0.497 e. The van der Waals surface area contributed by atoms with E-state index in [0.29, 0.717) is 0 Å². The third kappa shape index (κ3) is 1.86. The molecular weight excluding hydrogens is 212 g/mol. The van der Waals surface area contributed by atoms with Gasteiger partial charge in [-0.2, -0.15) is 0 Å². The van der Waals surface area contributed by atoms with Crippen molar-refractivity contribution in [1.82, 2.24) is 0 Å². The van der Waals surface area contributed by atoms with Gasteiger partial charge in [-0.05, 0) is 23.8 Å². The molecule has 2 nitrogen and oxygen atoms in total. The van der Waals surface area contributed by atoms with Gasteiger partial charge in [0.2, 0.25) is 0 Å². The minimum absolute atomic E-state index is 0.137. The number of fused-ring (bicyclic) bond motifs is 1. The summed E-state index contributed by atoms with van der Waals surface area (Å²) in [6.07, 6.45) is 1.05. The second-order valence-corrected chi connectivity index (χ2v) is 4.19. The van der Waals surface area contributed by atoms with Gasteiger partial charge in [-0.25, -0.2) is 0 Å². The third-order valence-corrected chi connectivity index (χ3v) is 3.11. The molecule has 1 unspecified atom stereocenters. The van der Waals surface area contributed by atoms with Crippen LogP contribution in [0, 0.1) is 0 Å². The lowest BCUT2D eigenvalue weighted by molar-refractivity contribution is 0.238. The second kappa shape index (κ2) is 4.13. The molecule has 0 saturated carbocycles. The van der Waals surface area contributed by atoms with Gasteiger partial charge in [0, 0.05) is 12.0 Å². The summed E-state index contributed by atoms with van der Waals surface area (Å²) in [6.45, 7) is 0. The van der Waals surface area contributed by atoms with Crippen LogP contribution >= 0.6 is 0 Å². The first-order valence-corrected chi connectivity index (χ1v) is 5.75. The number of benzene rings is 2. The molecule has 0 radical (unpaired) electrons. The van der Waals surface area contributed by atoms with E-state index in [4.69, 9.17) is 9.47 Å². The molecule has 0 spiro atoms. The number of hydrogen-bond donors (Lipinski definition) is 0. The van der Waals surface area contributed by atoms with Crippen LogP contribution in [-0.2, 0) is 6.42 Å². The first kappa shape index (κ1) is 10.2. The van der Waals surface area contributed by atoms with Gasteiger partial charge in [-0.15, -0.1) is 0 Å². The van der Waals surface area contributed by atoms with E-state index in [-0.39, 0.29) is 6.10 Å². The minimum atomic E-state index is 0.137. The molecule has 1 atom stereocenters. The zero-order valence-electron chi connectivity index (χ0n) is 9.72. The molecular formula is C15H14O2. The van der Waals surface area contributed by atoms with Crippen molar-refractivity contribution < 1.29 is 9.47 Å². The van der Waals surface area contributed by atoms with Crippen molar-refractivity contribution in [3.8, 4) is 11.5 Å². The van der Waals surface area contributed by atoms with Crippen molar-refractivity contribution in [1.29, 1.82) is 0 Å². The summed E-state index contributed by atoms with van der Waals surface area (Å²) < 4.78 is 11.2. The summed E-state index contributed by atoms with van der Waals surface area (Å²) in [4.78, 5) is 0. The Hall–Kier alpha value is -1.96. The average Bonchev–Trinajstić information content (AvgIpc) is 2.82. The molecule has 0 bridgehead atoms. The van der Waals surface area contributed by atoms with E-state index in [1.165, 1.54) is 11.1 Å². The molecule has 3 rings (SSSR count). The molecule has 2 aromatic rings. The highest BCUT2D eigenvalue weighted by atomic mass is 16.5. The summed E-state index contributed by atoms with van der Waals surface area (Å²) in [7, 11) is 1.69. The van der Waals surface area contributed by atoms with Crippen LogP contribution in [0.1, 0.15) is 17.2 Å². The predicted octanol–water partition coefficient (Wildman–Crippen LogP) is 3.37. The average molecular weight is 226 g/mol. The van der Waals surface area contributed by atoms with Gasteiger partial charge in [0.1, 0.15) is 17.6 Å². The third-order valence-electron chi connectivity index (χ3n) is 3.11. The molecule has 0 N–H and O–H groups in total. The Morgan fingerprint density at radius 2 is 1.94 bits per heavy atom. The Morgan fingerprint density at radius 3 is 2.71 bits per heavy atom. The van der Waals surface area contributed by atoms with Gasteiger partial charge in [0.25, 0.3) is 0 Å². The Morgan fingerprint density at radius 1 is 1.12 bits per heavy atom. The van der Waals surface area contributed by atoms with E-state index in [1.807, 2.05) is 30.3 Å². The summed E-state index contributed by atoms with van der Waals surface area (Å²) in [5, 5.41) is 0. The van der Waals surface area contributed by atoms with Gasteiger partial charge < -0.3 is 9.47 Å². The number of ether oxygens (including phenoxy) is 2. The Kier molecular flexibility index (Phi) is 2.48. The lowest BCUT2D eigenvalue weighted by Gasteiger charge is -2.10. The maximum absolute atomic E-state index is 5.94. The molecule has 1 heterocycles. The fraction of sp³-hybridized carbons (Fsp3) is 0.200. The highest BCUT2D eigenvalue weighted by molar-refractivity contribution is 5.44. The fourth-order valence-electron chi connectivity index (χ4n) is 2.21. The highest BCUT2D eigenvalue weighted by Gasteiger charge is 2.24. The Labute approximate surface area is 101 Å². The second-order valence-electron chi connectivity index (χ2n) is 4.19. The molecule has 2 heteroatoms. The van der Waals surface area contributed by atoms with E-state index < -0.39 is 0 Å². The lowest BCUT2D eigenvalue weighted by atomic mass is 10.0. The SMILES string of the molecule is COc1ccc2c(c1)CC(c1ccccc1)O2. The molecule has 0 aromatic heterocycles. The van der Waals surface area contributed by atoms with Gasteiger partial charge in [0.05, 0.1) is 7.11 Å². The normalized spacial score (nSPS) is 17.4. The molecule has 1 aliphatic rings. The van der Waals surface area contributed by atoms with Crippen LogP contribution in [0.15, 0.2) is 48.5 Å². The van der Waals surface area contributed by atoms with Crippen LogP contribution in [0.5, 0.6) is 11.5 Å². The molecule has 0 fully saturated rings. The first-order chi connectivity index (χ1) is 8.36. The van der Waals surface area contributed by atoms with E-state index in [2.05, 4.69) is 18.2 Å². The molecule has 0 amide bonds. The van der Waals surface area contributed by atoms with Crippen LogP contribution in [-0.4, -0.2) is 7.11 Å². The van der Waals surface area contributed by atoms with Crippen LogP contribution in [0.3, 0.4) is 0 Å². The summed E-state index contributed by atoms with van der Waals surface area (Å²) >= 11 is 0. The number of methoxy groups -OCH3 is 1. The molecule has 0 saturated heterocycles. The van der Waals surface area contributed by atoms with Crippen molar-refractivity contribution in [3.63, 3.8) is 0 Å². The molecule has 17 heavy (non-hydrogen) atoms. The maximum atomic E-state index is 5.94. The Bertz CT molecular complexity index is 520. The molecule has 0 aliphatic carbocycles. The monoisotopic (exact) mass is 226 g/mol. The van der Waals surface area contributed by atoms with Crippen LogP contribution in [0.25, 0.3) is 0 Å². The summed E-state index contributed by atoms with van der Waals surface area (Å²) in [6, 6.07) is 16.3. The van der Waals surface area contributed by atoms with Gasteiger partial charge in [-0.3, -0.25) is 0 Å². The number of rotatable bonds is 2. The molecule has 2 aromatic carbocycles. The van der Waals surface area contributed by atoms with Crippen LogP contribution in [0.4, 0.5) is 0 Å². The van der Waals surface area contributed by atoms with Crippen molar-refractivity contribution >= 4 is 0 Å². The van der Waals surface area contributed by atoms with Gasteiger partial charge >= 0.3 is 0 Å². The summed E-state index contributed by atoms with van der Waals surface area (Å²) in [5.74, 6) is 1.86. The van der Waals surface area contributed by atoms with Gasteiger partial charge in [-0.1, -0.05) is 30.3 Å². The summed E-state index contributed by atoms with van der Waals surface area (Å²) in [5.41, 5.74) is 2.45. The zero-order chi connectivity index (χ0) is 11.7. The van der Waals surface area contributed by atoms with Crippen LogP contribution in [0.2, 0.25) is 0 Å². The first-order valence-electron chi connectivity index (χ1n) is 5.75. The maximum Gasteiger partial charge on any atom is 0.128 e. The topological polar surface area (TPSA) is 18.5 Å². The van der Waals surface area contributed by atoms with Crippen molar-refractivity contribution in [2.75, 3.05) is 7.11 Å². The van der Waals surface area contributed by atoms with E-state index >= 15 is 0 Å². The standard InChI is InChI=1S/C15H14O2/c1-16-13-7-8-14-12(9-13)10-15(17-14)11-5-3-2-4-6-11/h2-9,15H,10H2,1H3. The zero-order valence-corrected chi connectivity index (χ0v) is 9.72. The van der Waals surface area contributed by atoms with E-state index in [0.717, 1.165) is 17.9 Å². The van der Waals surface area contributed by atoms with Crippen LogP contribution < -0.4 is 9.47 Å². The van der Waals surface area contributed by atoms with E-state index in [9.17, 15) is 0 Å².